The second-order valence-electron chi connectivity index (χ2n) is 6.41. The lowest BCUT2D eigenvalue weighted by molar-refractivity contribution is -0.384. The van der Waals surface area contributed by atoms with Crippen LogP contribution in [0.25, 0.3) is 5.57 Å². The molecule has 1 aromatic carbocycles. The van der Waals surface area contributed by atoms with Gasteiger partial charge in [0.1, 0.15) is 5.82 Å². The first-order chi connectivity index (χ1) is 13.3. The third kappa shape index (κ3) is 5.15. The first-order valence-electron chi connectivity index (χ1n) is 9.56. The number of rotatable bonds is 6. The summed E-state index contributed by atoms with van der Waals surface area (Å²) in [4.78, 5) is 25.1. The van der Waals surface area contributed by atoms with Gasteiger partial charge in [-0.25, -0.2) is 4.39 Å². The van der Waals surface area contributed by atoms with Gasteiger partial charge in [0.25, 0.3) is 5.69 Å². The highest BCUT2D eigenvalue weighted by Gasteiger charge is 2.26. The lowest BCUT2D eigenvalue weighted by Gasteiger charge is -2.28. The van der Waals surface area contributed by atoms with Crippen molar-refractivity contribution >= 4 is 17.0 Å². The Morgan fingerprint density at radius 2 is 2.00 bits per heavy atom. The minimum absolute atomic E-state index is 0.0152. The summed E-state index contributed by atoms with van der Waals surface area (Å²) in [6.07, 6.45) is 4.59. The molecule has 1 aromatic rings. The quantitative estimate of drug-likeness (QED) is 0.465. The smallest absolute Gasteiger partial charge is 0.270 e. The van der Waals surface area contributed by atoms with Crippen molar-refractivity contribution in [2.75, 3.05) is 13.6 Å². The average molecular weight is 388 g/mol. The molecule has 0 bridgehead atoms. The zero-order valence-electron chi connectivity index (χ0n) is 17.5. The predicted octanol–water partition coefficient (Wildman–Crippen LogP) is 5.68. The maximum absolute atomic E-state index is 14.5. The summed E-state index contributed by atoms with van der Waals surface area (Å²) in [5.41, 5.74) is 2.58. The van der Waals surface area contributed by atoms with Crippen molar-refractivity contribution in [3.63, 3.8) is 0 Å². The Bertz CT molecular complexity index is 838. The molecule has 6 heteroatoms. The summed E-state index contributed by atoms with van der Waals surface area (Å²) >= 11 is 0. The second-order valence-corrected chi connectivity index (χ2v) is 6.41. The average Bonchev–Trinajstić information content (AvgIpc) is 2.66. The Labute approximate surface area is 166 Å². The Hall–Kier alpha value is -2.76. The highest BCUT2D eigenvalue weighted by molar-refractivity contribution is 6.06. The van der Waals surface area contributed by atoms with Gasteiger partial charge in [-0.15, -0.1) is 0 Å². The SMILES string of the molecule is C/C=C(\C1=C(C)CN(C)C=C1C(=O)CCC)c1cc([N+](=O)[O-])ccc1F.CC. The Morgan fingerprint density at radius 1 is 1.36 bits per heavy atom. The van der Waals surface area contributed by atoms with Crippen molar-refractivity contribution in [2.45, 2.75) is 47.5 Å². The number of nitro benzene ring substituents is 1. The highest BCUT2D eigenvalue weighted by Crippen LogP contribution is 2.37. The molecule has 0 atom stereocenters. The van der Waals surface area contributed by atoms with E-state index in [-0.39, 0.29) is 17.0 Å². The van der Waals surface area contributed by atoms with Crippen LogP contribution in [-0.4, -0.2) is 29.2 Å². The summed E-state index contributed by atoms with van der Waals surface area (Å²) in [6, 6.07) is 3.46. The molecule has 1 aliphatic rings. The monoisotopic (exact) mass is 388 g/mol. The molecule has 28 heavy (non-hydrogen) atoms. The van der Waals surface area contributed by atoms with Crippen molar-refractivity contribution < 1.29 is 14.1 Å². The minimum Gasteiger partial charge on any atom is -0.376 e. The van der Waals surface area contributed by atoms with Gasteiger partial charge < -0.3 is 4.90 Å². The number of benzene rings is 1. The molecule has 0 aromatic heterocycles. The normalized spacial score (nSPS) is 14.3. The number of nitro groups is 1. The molecule has 0 spiro atoms. The lowest BCUT2D eigenvalue weighted by Crippen LogP contribution is -2.24. The number of carbonyl (C=O) groups is 1. The zero-order valence-corrected chi connectivity index (χ0v) is 17.5. The van der Waals surface area contributed by atoms with E-state index in [1.54, 1.807) is 19.2 Å². The van der Waals surface area contributed by atoms with Crippen LogP contribution in [0.3, 0.4) is 0 Å². The Kier molecular flexibility index (Phi) is 8.76. The third-order valence-electron chi connectivity index (χ3n) is 4.32. The van der Waals surface area contributed by atoms with Crippen LogP contribution in [0.5, 0.6) is 0 Å². The number of non-ortho nitro benzene ring substituents is 1. The van der Waals surface area contributed by atoms with Gasteiger partial charge in [-0.3, -0.25) is 14.9 Å². The molecule has 0 aliphatic carbocycles. The number of nitrogens with zero attached hydrogens (tertiary/aromatic N) is 2. The van der Waals surface area contributed by atoms with Gasteiger partial charge in [-0.2, -0.15) is 0 Å². The standard InChI is InChI=1S/C20H23FN2O3.C2H6/c1-5-7-19(24)17-12-22(4)11-13(3)20(17)15(6-2)16-10-14(23(25)26)8-9-18(16)21;1-2/h6,8-10,12H,5,7,11H2,1-4H3;1-2H3/b15-6-;. The van der Waals surface area contributed by atoms with Crippen LogP contribution in [-0.2, 0) is 4.79 Å². The van der Waals surface area contributed by atoms with Crippen molar-refractivity contribution in [1.82, 2.24) is 4.90 Å². The maximum atomic E-state index is 14.5. The molecule has 0 saturated carbocycles. The molecule has 0 N–H and O–H groups in total. The van der Waals surface area contributed by atoms with Gasteiger partial charge >= 0.3 is 0 Å². The van der Waals surface area contributed by atoms with E-state index >= 15 is 0 Å². The first kappa shape index (κ1) is 23.3. The van der Waals surface area contributed by atoms with Crippen LogP contribution in [0.15, 0.2) is 47.2 Å². The summed E-state index contributed by atoms with van der Waals surface area (Å²) in [5.74, 6) is -0.566. The van der Waals surface area contributed by atoms with E-state index in [1.807, 2.05) is 39.6 Å². The minimum atomic E-state index is -0.551. The van der Waals surface area contributed by atoms with E-state index in [1.165, 1.54) is 6.07 Å². The van der Waals surface area contributed by atoms with Crippen LogP contribution in [0.4, 0.5) is 10.1 Å². The van der Waals surface area contributed by atoms with Crippen LogP contribution in [0, 0.1) is 15.9 Å². The number of likely N-dealkylation sites (N-methyl/N-ethyl adjacent to an activating group) is 1. The van der Waals surface area contributed by atoms with Crippen molar-refractivity contribution in [3.8, 4) is 0 Å². The molecular weight excluding hydrogens is 359 g/mol. The fourth-order valence-corrected chi connectivity index (χ4v) is 3.23. The molecule has 5 nitrogen and oxygen atoms in total. The van der Waals surface area contributed by atoms with E-state index in [9.17, 15) is 19.3 Å². The summed E-state index contributed by atoms with van der Waals surface area (Å²) in [5, 5.41) is 11.1. The number of hydrogen-bond donors (Lipinski definition) is 0. The fourth-order valence-electron chi connectivity index (χ4n) is 3.23. The molecule has 0 unspecified atom stereocenters. The molecule has 1 aliphatic heterocycles. The molecule has 0 amide bonds. The van der Waals surface area contributed by atoms with Gasteiger partial charge in [0.15, 0.2) is 5.78 Å². The van der Waals surface area contributed by atoms with Gasteiger partial charge in [0, 0.05) is 49.5 Å². The van der Waals surface area contributed by atoms with Gasteiger partial charge in [-0.05, 0) is 43.1 Å². The zero-order chi connectivity index (χ0) is 21.4. The van der Waals surface area contributed by atoms with E-state index in [4.69, 9.17) is 0 Å². The molecule has 0 radical (unpaired) electrons. The van der Waals surface area contributed by atoms with Crippen molar-refractivity contribution in [1.29, 1.82) is 0 Å². The largest absolute Gasteiger partial charge is 0.376 e. The van der Waals surface area contributed by atoms with E-state index < -0.39 is 10.7 Å². The number of allylic oxidation sites excluding steroid dienone is 4. The number of halogens is 1. The predicted molar refractivity (Wildman–Crippen MR) is 111 cm³/mol. The van der Waals surface area contributed by atoms with E-state index in [0.29, 0.717) is 36.1 Å². The van der Waals surface area contributed by atoms with Gasteiger partial charge in [-0.1, -0.05) is 26.8 Å². The van der Waals surface area contributed by atoms with Crippen LogP contribution in [0.1, 0.15) is 53.0 Å². The fraction of sp³-hybridized carbons (Fsp3) is 0.409. The maximum Gasteiger partial charge on any atom is 0.270 e. The van der Waals surface area contributed by atoms with Crippen molar-refractivity contribution in [2.24, 2.45) is 0 Å². The topological polar surface area (TPSA) is 63.5 Å². The van der Waals surface area contributed by atoms with Crippen LogP contribution >= 0.6 is 0 Å². The Morgan fingerprint density at radius 3 is 2.54 bits per heavy atom. The molecule has 1 heterocycles. The summed E-state index contributed by atoms with van der Waals surface area (Å²) < 4.78 is 14.5. The van der Waals surface area contributed by atoms with Gasteiger partial charge in [0.05, 0.1) is 4.92 Å². The van der Waals surface area contributed by atoms with E-state index in [0.717, 1.165) is 17.7 Å². The third-order valence-corrected chi connectivity index (χ3v) is 4.32. The van der Waals surface area contributed by atoms with Crippen LogP contribution in [0.2, 0.25) is 0 Å². The van der Waals surface area contributed by atoms with Crippen molar-refractivity contribution in [3.05, 3.63) is 68.7 Å². The molecular formula is C22H29FN2O3. The highest BCUT2D eigenvalue weighted by atomic mass is 19.1. The number of ketones is 1. The molecule has 0 saturated heterocycles. The Balaban J connectivity index is 0.00000190. The molecule has 152 valence electrons. The summed E-state index contributed by atoms with van der Waals surface area (Å²) in [6.45, 7) is 10.2. The first-order valence-corrected chi connectivity index (χ1v) is 9.56. The van der Waals surface area contributed by atoms with E-state index in [2.05, 4.69) is 0 Å². The second kappa shape index (κ2) is 10.5. The van der Waals surface area contributed by atoms with Gasteiger partial charge in [0.2, 0.25) is 0 Å². The number of hydrogen-bond acceptors (Lipinski definition) is 4. The van der Waals surface area contributed by atoms with Crippen LogP contribution < -0.4 is 0 Å². The number of carbonyl (C=O) groups excluding carboxylic acids is 1. The lowest BCUT2D eigenvalue weighted by atomic mass is 9.84. The number of Topliss-reactive ketones (excluding diaryl/α,β-unsaturated/α-hetero) is 1. The molecule has 2 rings (SSSR count). The summed E-state index contributed by atoms with van der Waals surface area (Å²) in [7, 11) is 1.88. The molecule has 0 fully saturated rings.